The van der Waals surface area contributed by atoms with Crippen molar-refractivity contribution in [1.82, 2.24) is 4.57 Å². The molecule has 3 heterocycles. The van der Waals surface area contributed by atoms with Gasteiger partial charge in [0.15, 0.2) is 9.84 Å². The monoisotopic (exact) mass is 399 g/mol. The molecule has 0 amide bonds. The van der Waals surface area contributed by atoms with Gasteiger partial charge in [-0.3, -0.25) is 0 Å². The molecule has 4 heteroatoms. The predicted octanol–water partition coefficient (Wildman–Crippen LogP) is 5.52. The Morgan fingerprint density at radius 1 is 0.759 bits per heavy atom. The molecule has 2 atom stereocenters. The van der Waals surface area contributed by atoms with Gasteiger partial charge in [-0.25, -0.2) is 8.42 Å². The lowest BCUT2D eigenvalue weighted by molar-refractivity contribution is 0.585. The van der Waals surface area contributed by atoms with Crippen LogP contribution in [0.25, 0.3) is 33.1 Å². The van der Waals surface area contributed by atoms with Crippen molar-refractivity contribution >= 4 is 37.2 Å². The van der Waals surface area contributed by atoms with Crippen molar-refractivity contribution in [2.75, 3.05) is 0 Å². The Morgan fingerprint density at radius 2 is 1.38 bits per heavy atom. The minimum Gasteiger partial charge on any atom is -0.309 e. The number of hydrogen-bond acceptors (Lipinski definition) is 2. The minimum absolute atomic E-state index is 0.190. The molecule has 29 heavy (non-hydrogen) atoms. The van der Waals surface area contributed by atoms with E-state index in [1.54, 1.807) is 0 Å². The molecule has 3 aromatic carbocycles. The van der Waals surface area contributed by atoms with Crippen LogP contribution >= 0.6 is 0 Å². The molecule has 0 radical (unpaired) electrons. The highest BCUT2D eigenvalue weighted by molar-refractivity contribution is 7.93. The Kier molecular flexibility index (Phi) is 3.57. The van der Waals surface area contributed by atoms with Gasteiger partial charge in [-0.05, 0) is 54.7 Å². The van der Waals surface area contributed by atoms with Gasteiger partial charge >= 0.3 is 0 Å². The molecule has 0 saturated carbocycles. The number of aromatic nitrogens is 1. The summed E-state index contributed by atoms with van der Waals surface area (Å²) >= 11 is 0. The number of para-hydroxylation sites is 2. The van der Waals surface area contributed by atoms with Crippen LogP contribution < -0.4 is 0 Å². The molecule has 144 valence electrons. The van der Waals surface area contributed by atoms with Crippen LogP contribution in [0, 0.1) is 0 Å². The summed E-state index contributed by atoms with van der Waals surface area (Å²) in [6.07, 6.45) is 4.21. The van der Waals surface area contributed by atoms with Crippen LogP contribution in [0.4, 0.5) is 0 Å². The van der Waals surface area contributed by atoms with E-state index in [2.05, 4.69) is 77.4 Å². The van der Waals surface area contributed by atoms with Gasteiger partial charge in [0.25, 0.3) is 0 Å². The van der Waals surface area contributed by atoms with Crippen molar-refractivity contribution in [1.29, 1.82) is 0 Å². The van der Waals surface area contributed by atoms with Crippen molar-refractivity contribution in [2.24, 2.45) is 0 Å². The average molecular weight is 400 g/mol. The Balaban J connectivity index is 1.46. The third kappa shape index (κ3) is 2.45. The highest BCUT2D eigenvalue weighted by Gasteiger charge is 2.43. The van der Waals surface area contributed by atoms with Crippen LogP contribution in [-0.4, -0.2) is 23.5 Å². The Morgan fingerprint density at radius 3 is 2.00 bits per heavy atom. The molecular formula is C25H21NO2S. The molecule has 1 fully saturated rings. The first-order valence-electron chi connectivity index (χ1n) is 10.2. The summed E-state index contributed by atoms with van der Waals surface area (Å²) in [6, 6.07) is 25.6. The second-order valence-electron chi connectivity index (χ2n) is 8.14. The molecule has 0 spiro atoms. The molecule has 1 saturated heterocycles. The zero-order chi connectivity index (χ0) is 19.6. The van der Waals surface area contributed by atoms with E-state index in [1.807, 2.05) is 6.08 Å². The van der Waals surface area contributed by atoms with Gasteiger partial charge in [0.2, 0.25) is 0 Å². The first kappa shape index (κ1) is 17.0. The molecule has 2 bridgehead atoms. The van der Waals surface area contributed by atoms with Crippen molar-refractivity contribution < 1.29 is 8.42 Å². The summed E-state index contributed by atoms with van der Waals surface area (Å²) in [7, 11) is -2.94. The summed E-state index contributed by atoms with van der Waals surface area (Å²) in [5, 5.41) is 2.03. The highest BCUT2D eigenvalue weighted by atomic mass is 32.2. The third-order valence-electron chi connectivity index (χ3n) is 6.57. The lowest BCUT2D eigenvalue weighted by atomic mass is 10.0. The van der Waals surface area contributed by atoms with Gasteiger partial charge in [0.1, 0.15) is 0 Å². The maximum atomic E-state index is 12.4. The van der Waals surface area contributed by atoms with Crippen LogP contribution in [0.1, 0.15) is 24.8 Å². The van der Waals surface area contributed by atoms with E-state index in [4.69, 9.17) is 0 Å². The molecule has 2 aliphatic rings. The third-order valence-corrected chi connectivity index (χ3v) is 9.12. The van der Waals surface area contributed by atoms with Crippen molar-refractivity contribution in [3.05, 3.63) is 84.4 Å². The van der Waals surface area contributed by atoms with E-state index >= 15 is 0 Å². The first-order valence-corrected chi connectivity index (χ1v) is 11.8. The fraction of sp³-hybridized carbons (Fsp3) is 0.200. The highest BCUT2D eigenvalue weighted by Crippen LogP contribution is 2.41. The minimum atomic E-state index is -2.94. The van der Waals surface area contributed by atoms with Crippen molar-refractivity contribution in [2.45, 2.75) is 29.8 Å². The number of fused-ring (bicyclic) bond motifs is 5. The number of hydrogen-bond donors (Lipinski definition) is 0. The molecule has 3 nitrogen and oxygen atoms in total. The lowest BCUT2D eigenvalue weighted by Crippen LogP contribution is -2.26. The normalized spacial score (nSPS) is 22.8. The molecule has 1 aromatic heterocycles. The van der Waals surface area contributed by atoms with Crippen LogP contribution in [0.15, 0.2) is 78.9 Å². The quantitative estimate of drug-likeness (QED) is 0.445. The van der Waals surface area contributed by atoms with Crippen LogP contribution in [0.2, 0.25) is 0 Å². The van der Waals surface area contributed by atoms with Gasteiger partial charge in [-0.2, -0.15) is 0 Å². The summed E-state index contributed by atoms with van der Waals surface area (Å²) < 4.78 is 27.0. The molecule has 0 aliphatic carbocycles. The number of benzene rings is 3. The van der Waals surface area contributed by atoms with E-state index < -0.39 is 9.84 Å². The van der Waals surface area contributed by atoms with Crippen molar-refractivity contribution in [3.63, 3.8) is 0 Å². The van der Waals surface area contributed by atoms with E-state index in [1.165, 1.54) is 27.4 Å². The fourth-order valence-corrected chi connectivity index (χ4v) is 7.29. The molecule has 0 N–H and O–H groups in total. The largest absolute Gasteiger partial charge is 0.309 e. The van der Waals surface area contributed by atoms with E-state index in [-0.39, 0.29) is 10.5 Å². The van der Waals surface area contributed by atoms with Crippen LogP contribution in [0.3, 0.4) is 0 Å². The average Bonchev–Trinajstić information content (AvgIpc) is 3.09. The predicted molar refractivity (Wildman–Crippen MR) is 119 cm³/mol. The van der Waals surface area contributed by atoms with Gasteiger partial charge in [0, 0.05) is 16.5 Å². The lowest BCUT2D eigenvalue weighted by Gasteiger charge is -2.20. The number of sulfone groups is 1. The Labute approximate surface area is 170 Å². The SMILES string of the molecule is O=S1(=O)C2C=C(c3ccc(-n4c5ccccc5c5ccccc54)cc3)CC1CC2. The first-order chi connectivity index (χ1) is 14.1. The van der Waals surface area contributed by atoms with E-state index in [0.29, 0.717) is 6.42 Å². The Bertz CT molecular complexity index is 1340. The van der Waals surface area contributed by atoms with E-state index in [9.17, 15) is 8.42 Å². The fourth-order valence-electron chi connectivity index (χ4n) is 5.10. The second-order valence-corrected chi connectivity index (χ2v) is 10.6. The molecule has 2 unspecified atom stereocenters. The molecule has 6 rings (SSSR count). The van der Waals surface area contributed by atoms with Crippen molar-refractivity contribution in [3.8, 4) is 5.69 Å². The smallest absolute Gasteiger partial charge is 0.159 e. The zero-order valence-corrected chi connectivity index (χ0v) is 16.8. The second kappa shape index (κ2) is 6.07. The van der Waals surface area contributed by atoms with Crippen LogP contribution in [0.5, 0.6) is 0 Å². The van der Waals surface area contributed by atoms with Gasteiger partial charge < -0.3 is 4.57 Å². The topological polar surface area (TPSA) is 39.1 Å². The number of rotatable bonds is 2. The number of nitrogens with zero attached hydrogens (tertiary/aromatic N) is 1. The van der Waals surface area contributed by atoms with Crippen LogP contribution in [-0.2, 0) is 9.84 Å². The molecular weight excluding hydrogens is 378 g/mol. The molecule has 4 aromatic rings. The van der Waals surface area contributed by atoms with Gasteiger partial charge in [-0.15, -0.1) is 0 Å². The maximum Gasteiger partial charge on any atom is 0.159 e. The summed E-state index contributed by atoms with van der Waals surface area (Å²) in [5.74, 6) is 0. The number of allylic oxidation sites excluding steroid dienone is 1. The summed E-state index contributed by atoms with van der Waals surface area (Å²) in [6.45, 7) is 0. The molecule has 2 aliphatic heterocycles. The van der Waals surface area contributed by atoms with Gasteiger partial charge in [-0.1, -0.05) is 54.6 Å². The summed E-state index contributed by atoms with van der Waals surface area (Å²) in [4.78, 5) is 0. The van der Waals surface area contributed by atoms with E-state index in [0.717, 1.165) is 24.1 Å². The maximum absolute atomic E-state index is 12.4. The van der Waals surface area contributed by atoms with Gasteiger partial charge in [0.05, 0.1) is 21.5 Å². The standard InChI is InChI=1S/C25H21NO2S/c27-29(28)20-13-14-21(29)16-18(15-20)17-9-11-19(12-10-17)26-24-7-3-1-5-22(24)23-6-2-4-8-25(23)26/h1-12,15,20-21H,13-14,16H2. The summed E-state index contributed by atoms with van der Waals surface area (Å²) in [5.41, 5.74) is 5.84. The zero-order valence-electron chi connectivity index (χ0n) is 16.0. The Hall–Kier alpha value is -2.85.